The topological polar surface area (TPSA) is 9.86 Å². The molecule has 0 fully saturated rings. The zero-order valence-corrected chi connectivity index (χ0v) is 22.1. The van der Waals surface area contributed by atoms with E-state index >= 15 is 0 Å². The molecule has 162 valence electrons. The zero-order valence-electron chi connectivity index (χ0n) is 19.6. The maximum atomic E-state index is 2.26. The van der Waals surface area contributed by atoms with Crippen LogP contribution in [0.5, 0.6) is 0 Å². The predicted molar refractivity (Wildman–Crippen MR) is 137 cm³/mol. The molecule has 3 heteroatoms. The molecule has 0 bridgehead atoms. The van der Waals surface area contributed by atoms with E-state index in [9.17, 15) is 0 Å². The van der Waals surface area contributed by atoms with Crippen LogP contribution in [0.2, 0.25) is 0 Å². The van der Waals surface area contributed by atoms with Gasteiger partial charge in [-0.1, -0.05) is 37.1 Å². The first kappa shape index (κ1) is 23.3. The number of hydrogen-bond donors (Lipinski definition) is 0. The summed E-state index contributed by atoms with van der Waals surface area (Å²) in [7, 11) is 0. The molecule has 0 unspecified atom stereocenters. The Labute approximate surface area is 214 Å². The molecule has 6 aromatic rings. The summed E-state index contributed by atoms with van der Waals surface area (Å²) in [5, 5.41) is 5.46. The van der Waals surface area contributed by atoms with Crippen LogP contribution in [0.4, 0.5) is 0 Å². The Morgan fingerprint density at radius 2 is 0.848 bits per heavy atom. The standard InChI is InChI=1S/2C15H14N.Zr/c2*1-11-5-6-12(2)15-10-13(9-14(11)15)16-7-3-4-8-16;/h2*3-10H,1-2H3;/q2*-1;+2. The molecule has 33 heavy (non-hydrogen) atoms. The van der Waals surface area contributed by atoms with Crippen LogP contribution in [0, 0.1) is 27.7 Å². The normalized spacial score (nSPS) is 10.8. The third-order valence-electron chi connectivity index (χ3n) is 6.42. The predicted octanol–water partition coefficient (Wildman–Crippen LogP) is 7.93. The van der Waals surface area contributed by atoms with Crippen molar-refractivity contribution in [2.75, 3.05) is 0 Å². The van der Waals surface area contributed by atoms with E-state index in [4.69, 9.17) is 0 Å². The Morgan fingerprint density at radius 1 is 0.515 bits per heavy atom. The van der Waals surface area contributed by atoms with E-state index in [0.717, 1.165) is 0 Å². The molecule has 0 atom stereocenters. The molecule has 0 saturated carbocycles. The summed E-state index contributed by atoms with van der Waals surface area (Å²) in [5.74, 6) is 0. The molecule has 0 radical (unpaired) electrons. The average Bonchev–Trinajstić information content (AvgIpc) is 3.58. The molecule has 0 spiro atoms. The molecular formula is C30H28N2Zr. The molecule has 0 aliphatic carbocycles. The van der Waals surface area contributed by atoms with Gasteiger partial charge in [0.2, 0.25) is 0 Å². The van der Waals surface area contributed by atoms with Crippen molar-refractivity contribution in [3.05, 3.63) is 120 Å². The van der Waals surface area contributed by atoms with Gasteiger partial charge in [0.1, 0.15) is 0 Å². The monoisotopic (exact) mass is 506 g/mol. The van der Waals surface area contributed by atoms with E-state index in [0.29, 0.717) is 0 Å². The molecule has 0 N–H and O–H groups in total. The third kappa shape index (κ3) is 4.48. The second-order valence-corrected chi connectivity index (χ2v) is 8.66. The van der Waals surface area contributed by atoms with Crippen molar-refractivity contribution in [3.8, 4) is 11.4 Å². The van der Waals surface area contributed by atoms with Gasteiger partial charge < -0.3 is 9.13 Å². The second-order valence-electron chi connectivity index (χ2n) is 8.66. The largest absolute Gasteiger partial charge is 2.00 e. The smallest absolute Gasteiger partial charge is 0.342 e. The first-order chi connectivity index (χ1) is 15.5. The fraction of sp³-hybridized carbons (Fsp3) is 0.133. The van der Waals surface area contributed by atoms with E-state index in [1.807, 2.05) is 0 Å². The van der Waals surface area contributed by atoms with Gasteiger partial charge in [0.15, 0.2) is 0 Å². The number of hydrogen-bond acceptors (Lipinski definition) is 0. The van der Waals surface area contributed by atoms with Gasteiger partial charge in [-0.15, -0.1) is 69.1 Å². The van der Waals surface area contributed by atoms with Gasteiger partial charge >= 0.3 is 26.2 Å². The summed E-state index contributed by atoms with van der Waals surface area (Å²) in [4.78, 5) is 0. The Hall–Kier alpha value is -2.90. The average molecular weight is 508 g/mol. The van der Waals surface area contributed by atoms with Gasteiger partial charge in [-0.3, -0.25) is 0 Å². The van der Waals surface area contributed by atoms with Crippen molar-refractivity contribution in [1.82, 2.24) is 9.13 Å². The number of fused-ring (bicyclic) bond motifs is 2. The van der Waals surface area contributed by atoms with Crippen LogP contribution >= 0.6 is 0 Å². The van der Waals surface area contributed by atoms with Crippen LogP contribution in [-0.4, -0.2) is 9.13 Å². The molecule has 2 heterocycles. The summed E-state index contributed by atoms with van der Waals surface area (Å²) in [5.41, 5.74) is 7.88. The van der Waals surface area contributed by atoms with E-state index in [1.165, 1.54) is 55.2 Å². The van der Waals surface area contributed by atoms with Gasteiger partial charge in [0.05, 0.1) is 0 Å². The van der Waals surface area contributed by atoms with E-state index in [2.05, 4.69) is 134 Å². The number of aromatic nitrogens is 2. The number of aryl methyl sites for hydroxylation is 4. The number of nitrogens with zero attached hydrogens (tertiary/aromatic N) is 2. The van der Waals surface area contributed by atoms with Crippen LogP contribution in [0.25, 0.3) is 32.9 Å². The van der Waals surface area contributed by atoms with Crippen LogP contribution in [0.15, 0.2) is 97.6 Å². The molecule has 2 aromatic heterocycles. The van der Waals surface area contributed by atoms with Gasteiger partial charge in [-0.25, -0.2) is 0 Å². The van der Waals surface area contributed by atoms with Gasteiger partial charge in [-0.2, -0.15) is 0 Å². The first-order valence-corrected chi connectivity index (χ1v) is 11.1. The fourth-order valence-electron chi connectivity index (χ4n) is 4.46. The first-order valence-electron chi connectivity index (χ1n) is 11.1. The van der Waals surface area contributed by atoms with Crippen molar-refractivity contribution in [3.63, 3.8) is 0 Å². The van der Waals surface area contributed by atoms with Crippen molar-refractivity contribution in [2.24, 2.45) is 0 Å². The Balaban J connectivity index is 0.000000152. The Morgan fingerprint density at radius 3 is 1.18 bits per heavy atom. The molecule has 0 amide bonds. The number of benzene rings is 2. The molecule has 0 aliphatic heterocycles. The van der Waals surface area contributed by atoms with Crippen LogP contribution in [0.1, 0.15) is 22.3 Å². The van der Waals surface area contributed by atoms with Crippen LogP contribution in [0.3, 0.4) is 0 Å². The number of rotatable bonds is 2. The van der Waals surface area contributed by atoms with Crippen molar-refractivity contribution < 1.29 is 26.2 Å². The minimum Gasteiger partial charge on any atom is -0.342 e. The third-order valence-corrected chi connectivity index (χ3v) is 6.42. The second kappa shape index (κ2) is 9.53. The van der Waals surface area contributed by atoms with E-state index < -0.39 is 0 Å². The summed E-state index contributed by atoms with van der Waals surface area (Å²) < 4.78 is 4.30. The molecule has 2 nitrogen and oxygen atoms in total. The summed E-state index contributed by atoms with van der Waals surface area (Å²) in [6.45, 7) is 8.67. The molecule has 4 aromatic carbocycles. The zero-order chi connectivity index (χ0) is 22.2. The van der Waals surface area contributed by atoms with Crippen molar-refractivity contribution in [1.29, 1.82) is 0 Å². The molecule has 0 aliphatic rings. The minimum absolute atomic E-state index is 0. The van der Waals surface area contributed by atoms with E-state index in [1.54, 1.807) is 0 Å². The molecule has 6 rings (SSSR count). The molecular weight excluding hydrogens is 480 g/mol. The minimum atomic E-state index is 0. The quantitative estimate of drug-likeness (QED) is 0.211. The van der Waals surface area contributed by atoms with Crippen LogP contribution < -0.4 is 0 Å². The maximum absolute atomic E-state index is 2.26. The Bertz CT molecular complexity index is 1300. The van der Waals surface area contributed by atoms with Crippen molar-refractivity contribution in [2.45, 2.75) is 27.7 Å². The van der Waals surface area contributed by atoms with Crippen LogP contribution in [-0.2, 0) is 26.2 Å². The summed E-state index contributed by atoms with van der Waals surface area (Å²) in [6, 6.07) is 26.0. The summed E-state index contributed by atoms with van der Waals surface area (Å²) >= 11 is 0. The fourth-order valence-corrected chi connectivity index (χ4v) is 4.46. The van der Waals surface area contributed by atoms with Crippen molar-refractivity contribution >= 4 is 21.5 Å². The van der Waals surface area contributed by atoms with Gasteiger partial charge in [-0.05, 0) is 49.5 Å². The van der Waals surface area contributed by atoms with Gasteiger partial charge in [0.25, 0.3) is 0 Å². The molecule has 0 saturated heterocycles. The van der Waals surface area contributed by atoms with E-state index in [-0.39, 0.29) is 26.2 Å². The Kier molecular flexibility index (Phi) is 6.72. The summed E-state index contributed by atoms with van der Waals surface area (Å²) in [6.07, 6.45) is 8.33. The maximum Gasteiger partial charge on any atom is 2.00 e. The SMILES string of the molecule is Cc1ccc(C)c2[cH-]c(-n3cccc3)cc12.Cc1ccc(C)c2[cH-]c(-n3cccc3)cc12.[Zr+2]. The van der Waals surface area contributed by atoms with Gasteiger partial charge in [0, 0.05) is 24.8 Å².